The summed E-state index contributed by atoms with van der Waals surface area (Å²) in [7, 11) is 0. The van der Waals surface area contributed by atoms with Gasteiger partial charge in [0.25, 0.3) is 5.91 Å². The number of hydrogen-bond acceptors (Lipinski definition) is 10. The van der Waals surface area contributed by atoms with Crippen molar-refractivity contribution in [3.63, 3.8) is 0 Å². The van der Waals surface area contributed by atoms with E-state index in [1.807, 2.05) is 13.0 Å². The molecule has 3 fully saturated rings. The highest BCUT2D eigenvalue weighted by molar-refractivity contribution is 5.81. The summed E-state index contributed by atoms with van der Waals surface area (Å²) < 4.78 is 1.48. The molecule has 200 valence electrons. The standard InChI is InChI=1S/C27H30N10O2/c1-16-21(32-26-33-23(31-19-3-4-19)24-30-13-20(12-29)37(24)34-26)9-18(11-28)10-22(16)35-7-5-27(6-8-35)14-36(15-27)25(39)17(2)38/h9-10,13,17,19,38H,3-8,14-15H2,1-2H3,(H2,31,32,33,34)/t17-/m0/s1. The molecule has 1 amide bonds. The number of aliphatic hydroxyl groups is 1. The molecule has 3 aromatic rings. The number of piperidine rings is 1. The van der Waals surface area contributed by atoms with Gasteiger partial charge in [-0.15, -0.1) is 5.10 Å². The molecule has 12 heteroatoms. The van der Waals surface area contributed by atoms with E-state index >= 15 is 0 Å². The third-order valence-corrected chi connectivity index (χ3v) is 8.04. The summed E-state index contributed by atoms with van der Waals surface area (Å²) >= 11 is 0. The smallest absolute Gasteiger partial charge is 0.251 e. The van der Waals surface area contributed by atoms with Crippen LogP contribution >= 0.6 is 0 Å². The zero-order valence-corrected chi connectivity index (χ0v) is 22.0. The minimum atomic E-state index is -0.963. The van der Waals surface area contributed by atoms with E-state index < -0.39 is 6.10 Å². The van der Waals surface area contributed by atoms with Gasteiger partial charge in [-0.25, -0.2) is 4.98 Å². The van der Waals surface area contributed by atoms with Gasteiger partial charge >= 0.3 is 0 Å². The van der Waals surface area contributed by atoms with E-state index in [2.05, 4.69) is 42.7 Å². The minimum absolute atomic E-state index is 0.0976. The molecule has 3 aliphatic rings. The number of nitrogens with zero attached hydrogens (tertiary/aromatic N) is 8. The fourth-order valence-electron chi connectivity index (χ4n) is 5.59. The molecule has 1 saturated carbocycles. The zero-order valence-electron chi connectivity index (χ0n) is 22.0. The van der Waals surface area contributed by atoms with Crippen molar-refractivity contribution in [1.82, 2.24) is 24.5 Å². The van der Waals surface area contributed by atoms with Gasteiger partial charge in [0, 0.05) is 49.0 Å². The molecule has 0 unspecified atom stereocenters. The monoisotopic (exact) mass is 526 g/mol. The van der Waals surface area contributed by atoms with Crippen LogP contribution in [0.1, 0.15) is 49.4 Å². The second kappa shape index (κ2) is 9.40. The highest BCUT2D eigenvalue weighted by Crippen LogP contribution is 2.43. The van der Waals surface area contributed by atoms with Crippen LogP contribution in [0.5, 0.6) is 0 Å². The first-order chi connectivity index (χ1) is 18.8. The number of benzene rings is 1. The molecular weight excluding hydrogens is 496 g/mol. The molecule has 2 saturated heterocycles. The van der Waals surface area contributed by atoms with Crippen LogP contribution < -0.4 is 15.5 Å². The summed E-state index contributed by atoms with van der Waals surface area (Å²) in [6.07, 6.45) is 4.50. The summed E-state index contributed by atoms with van der Waals surface area (Å²) in [5.74, 6) is 0.666. The molecule has 6 rings (SSSR count). The number of nitrogens with one attached hydrogen (secondary N) is 2. The molecule has 12 nitrogen and oxygen atoms in total. The molecule has 0 radical (unpaired) electrons. The quantitative estimate of drug-likeness (QED) is 0.435. The molecular formula is C27H30N10O2. The van der Waals surface area contributed by atoms with Gasteiger partial charge in [0.2, 0.25) is 5.95 Å². The predicted octanol–water partition coefficient (Wildman–Crippen LogP) is 2.30. The number of amides is 1. The number of aromatic nitrogens is 4. The topological polar surface area (TPSA) is 158 Å². The van der Waals surface area contributed by atoms with Gasteiger partial charge in [0.15, 0.2) is 17.2 Å². The lowest BCUT2D eigenvalue weighted by Crippen LogP contribution is -2.63. The molecule has 4 heterocycles. The number of likely N-dealkylation sites (tertiary alicyclic amines) is 1. The number of aliphatic hydroxyl groups excluding tert-OH is 1. The number of carbonyl (C=O) groups is 1. The first kappa shape index (κ1) is 24.9. The average Bonchev–Trinajstić information content (AvgIpc) is 3.63. The highest BCUT2D eigenvalue weighted by Gasteiger charge is 2.47. The maximum atomic E-state index is 12.1. The lowest BCUT2D eigenvalue weighted by atomic mass is 9.71. The third kappa shape index (κ3) is 4.57. The van der Waals surface area contributed by atoms with Gasteiger partial charge in [-0.2, -0.15) is 20.0 Å². The van der Waals surface area contributed by atoms with Crippen LogP contribution in [0.3, 0.4) is 0 Å². The Morgan fingerprint density at radius 2 is 1.95 bits per heavy atom. The maximum absolute atomic E-state index is 12.1. The number of rotatable bonds is 6. The van der Waals surface area contributed by atoms with Crippen molar-refractivity contribution >= 4 is 34.7 Å². The second-order valence-corrected chi connectivity index (χ2v) is 11.0. The molecule has 39 heavy (non-hydrogen) atoms. The summed E-state index contributed by atoms with van der Waals surface area (Å²) in [6.45, 7) is 6.51. The lowest BCUT2D eigenvalue weighted by Gasteiger charge is -2.54. The van der Waals surface area contributed by atoms with Gasteiger partial charge in [-0.05, 0) is 57.2 Å². The van der Waals surface area contributed by atoms with E-state index in [4.69, 9.17) is 0 Å². The lowest BCUT2D eigenvalue weighted by molar-refractivity contribution is -0.153. The van der Waals surface area contributed by atoms with Crippen LogP contribution in [0.2, 0.25) is 0 Å². The van der Waals surface area contributed by atoms with Gasteiger partial charge in [-0.3, -0.25) is 4.79 Å². The summed E-state index contributed by atoms with van der Waals surface area (Å²) in [6, 6.07) is 8.43. The van der Waals surface area contributed by atoms with E-state index in [-0.39, 0.29) is 11.3 Å². The van der Waals surface area contributed by atoms with Gasteiger partial charge in [-0.1, -0.05) is 0 Å². The average molecular weight is 527 g/mol. The Morgan fingerprint density at radius 1 is 1.21 bits per heavy atom. The Balaban J connectivity index is 1.24. The Bertz CT molecular complexity index is 1530. The number of anilines is 4. The van der Waals surface area contributed by atoms with Crippen LogP contribution in [0, 0.1) is 35.0 Å². The van der Waals surface area contributed by atoms with Crippen molar-refractivity contribution in [3.8, 4) is 12.1 Å². The zero-order chi connectivity index (χ0) is 27.3. The third-order valence-electron chi connectivity index (χ3n) is 8.04. The van der Waals surface area contributed by atoms with Crippen molar-refractivity contribution in [2.45, 2.75) is 51.7 Å². The van der Waals surface area contributed by atoms with Gasteiger partial charge in [0.1, 0.15) is 12.2 Å². The van der Waals surface area contributed by atoms with E-state index in [1.54, 1.807) is 11.0 Å². The molecule has 0 bridgehead atoms. The van der Waals surface area contributed by atoms with Crippen LogP contribution in [0.15, 0.2) is 18.3 Å². The molecule has 2 aromatic heterocycles. The number of fused-ring (bicyclic) bond motifs is 1. The molecule has 1 atom stereocenters. The number of imidazole rings is 1. The largest absolute Gasteiger partial charge is 0.384 e. The summed E-state index contributed by atoms with van der Waals surface area (Å²) in [5, 5.41) is 40.1. The van der Waals surface area contributed by atoms with Crippen molar-refractivity contribution in [2.24, 2.45) is 5.41 Å². The van der Waals surface area contributed by atoms with Crippen LogP contribution in [0.25, 0.3) is 5.65 Å². The molecule has 1 aliphatic carbocycles. The van der Waals surface area contributed by atoms with E-state index in [0.717, 1.165) is 55.7 Å². The van der Waals surface area contributed by atoms with Crippen molar-refractivity contribution < 1.29 is 9.90 Å². The molecule has 1 aromatic carbocycles. The number of hydrogen-bond donors (Lipinski definition) is 3. The molecule has 3 N–H and O–H groups in total. The minimum Gasteiger partial charge on any atom is -0.384 e. The van der Waals surface area contributed by atoms with E-state index in [0.29, 0.717) is 47.8 Å². The fraction of sp³-hybridized carbons (Fsp3) is 0.481. The van der Waals surface area contributed by atoms with Crippen molar-refractivity contribution in [2.75, 3.05) is 41.7 Å². The predicted molar refractivity (Wildman–Crippen MR) is 143 cm³/mol. The van der Waals surface area contributed by atoms with Crippen LogP contribution in [0.4, 0.5) is 23.1 Å². The van der Waals surface area contributed by atoms with E-state index in [1.165, 1.54) is 17.6 Å². The molecule has 2 aliphatic heterocycles. The molecule has 1 spiro atoms. The Morgan fingerprint density at radius 3 is 2.59 bits per heavy atom. The number of carbonyl (C=O) groups excluding carboxylic acids is 1. The van der Waals surface area contributed by atoms with Gasteiger partial charge < -0.3 is 25.5 Å². The Labute approximate surface area is 225 Å². The number of nitriles is 2. The van der Waals surface area contributed by atoms with Gasteiger partial charge in [0.05, 0.1) is 17.8 Å². The van der Waals surface area contributed by atoms with E-state index in [9.17, 15) is 20.4 Å². The first-order valence-electron chi connectivity index (χ1n) is 13.3. The first-order valence-corrected chi connectivity index (χ1v) is 13.3. The van der Waals surface area contributed by atoms with Crippen LogP contribution in [-0.4, -0.2) is 73.8 Å². The summed E-state index contributed by atoms with van der Waals surface area (Å²) in [5.41, 5.74) is 4.09. The normalized spacial score (nSPS) is 18.8. The van der Waals surface area contributed by atoms with Crippen molar-refractivity contribution in [3.05, 3.63) is 35.2 Å². The highest BCUT2D eigenvalue weighted by atomic mass is 16.3. The van der Waals surface area contributed by atoms with Crippen LogP contribution in [-0.2, 0) is 4.79 Å². The summed E-state index contributed by atoms with van der Waals surface area (Å²) in [4.78, 5) is 25.1. The van der Waals surface area contributed by atoms with Crippen molar-refractivity contribution in [1.29, 1.82) is 10.5 Å². The Hall–Kier alpha value is -4.42. The second-order valence-electron chi connectivity index (χ2n) is 11.0. The SMILES string of the molecule is Cc1c(Nc2nc(NC3CC3)c3ncc(C#N)n3n2)cc(C#N)cc1N1CCC2(CC1)CN(C(=O)[C@H](C)O)C2. The fourth-order valence-corrected chi connectivity index (χ4v) is 5.59. The Kier molecular flexibility index (Phi) is 6.00. The maximum Gasteiger partial charge on any atom is 0.251 e.